The molecular weight excluding hydrogens is 216 g/mol. The maximum Gasteiger partial charge on any atom is 0.523 e. The van der Waals surface area contributed by atoms with Crippen LogP contribution < -0.4 is 0 Å². The second kappa shape index (κ2) is 4.23. The van der Waals surface area contributed by atoms with Crippen LogP contribution in [0.1, 0.15) is 6.92 Å². The first-order chi connectivity index (χ1) is 5.70. The molecule has 0 aromatic rings. The second-order valence-corrected chi connectivity index (χ2v) is 4.05. The van der Waals surface area contributed by atoms with Crippen molar-refractivity contribution in [3.8, 4) is 0 Å². The first kappa shape index (κ1) is 12.6. The molecule has 3 nitrogen and oxygen atoms in total. The summed E-state index contributed by atoms with van der Waals surface area (Å²) in [7, 11) is -5.57. The first-order valence-electron chi connectivity index (χ1n) is 3.22. The molecule has 8 heteroatoms. The summed E-state index contributed by atoms with van der Waals surface area (Å²) in [6, 6.07) is 0. The third-order valence-electron chi connectivity index (χ3n) is 1.05. The van der Waals surface area contributed by atoms with Crippen molar-refractivity contribution in [2.24, 2.45) is 5.92 Å². The number of halogens is 4. The lowest BCUT2D eigenvalue weighted by Crippen LogP contribution is -2.27. The van der Waals surface area contributed by atoms with Gasteiger partial charge in [-0.15, -0.1) is 0 Å². The van der Waals surface area contributed by atoms with Gasteiger partial charge in [-0.25, -0.2) is 0 Å². The van der Waals surface area contributed by atoms with Crippen LogP contribution in [-0.2, 0) is 14.3 Å². The molecule has 0 N–H and O–H groups in total. The lowest BCUT2D eigenvalue weighted by Gasteiger charge is -2.10. The van der Waals surface area contributed by atoms with Crippen molar-refractivity contribution < 1.29 is 30.2 Å². The summed E-state index contributed by atoms with van der Waals surface area (Å²) in [4.78, 5) is 0. The second-order valence-electron chi connectivity index (χ2n) is 2.44. The number of hydrogen-bond donors (Lipinski definition) is 0. The van der Waals surface area contributed by atoms with Gasteiger partial charge in [-0.3, -0.25) is 8.57 Å². The van der Waals surface area contributed by atoms with Gasteiger partial charge in [0.15, 0.2) is 0 Å². The van der Waals surface area contributed by atoms with Gasteiger partial charge in [0.25, 0.3) is 0 Å². The standard InChI is InChI=1S/C5H8F4O3S/c1-4(2-6)3-12-13(10,11)5(7,8)9/h4H,2-3H2,1H3. The fourth-order valence-corrected chi connectivity index (χ4v) is 0.862. The molecule has 0 heterocycles. The van der Waals surface area contributed by atoms with E-state index in [0.717, 1.165) is 0 Å². The fraction of sp³-hybridized carbons (Fsp3) is 1.00. The minimum atomic E-state index is -5.57. The molecular formula is C5H8F4O3S. The van der Waals surface area contributed by atoms with Crippen molar-refractivity contribution in [2.45, 2.75) is 12.4 Å². The van der Waals surface area contributed by atoms with Gasteiger partial charge in [-0.1, -0.05) is 6.92 Å². The molecule has 0 aliphatic carbocycles. The predicted molar refractivity (Wildman–Crippen MR) is 36.1 cm³/mol. The van der Waals surface area contributed by atoms with Crippen molar-refractivity contribution in [2.75, 3.05) is 13.3 Å². The molecule has 13 heavy (non-hydrogen) atoms. The largest absolute Gasteiger partial charge is 0.523 e. The summed E-state index contributed by atoms with van der Waals surface area (Å²) in [5.41, 5.74) is -5.44. The van der Waals surface area contributed by atoms with Crippen molar-refractivity contribution >= 4 is 10.1 Å². The molecule has 0 rings (SSSR count). The van der Waals surface area contributed by atoms with Crippen molar-refractivity contribution in [3.63, 3.8) is 0 Å². The quantitative estimate of drug-likeness (QED) is 0.412. The van der Waals surface area contributed by atoms with Gasteiger partial charge in [-0.2, -0.15) is 21.6 Å². The van der Waals surface area contributed by atoms with Gasteiger partial charge in [0.2, 0.25) is 0 Å². The van der Waals surface area contributed by atoms with Gasteiger partial charge in [0, 0.05) is 5.92 Å². The zero-order valence-electron chi connectivity index (χ0n) is 6.64. The molecule has 0 spiro atoms. The summed E-state index contributed by atoms with van der Waals surface area (Å²) in [5, 5.41) is 0. The molecule has 80 valence electrons. The zero-order chi connectivity index (χ0) is 10.7. The van der Waals surface area contributed by atoms with E-state index in [2.05, 4.69) is 4.18 Å². The molecule has 0 bridgehead atoms. The Morgan fingerprint density at radius 3 is 2.15 bits per heavy atom. The lowest BCUT2D eigenvalue weighted by molar-refractivity contribution is -0.0550. The Bertz CT molecular complexity index is 245. The molecule has 1 atom stereocenters. The van der Waals surface area contributed by atoms with Gasteiger partial charge in [-0.05, 0) is 0 Å². The summed E-state index contributed by atoms with van der Waals surface area (Å²) in [5.74, 6) is -0.878. The SMILES string of the molecule is CC(CF)COS(=O)(=O)C(F)(F)F. The Labute approximate surface area is 72.8 Å². The van der Waals surface area contributed by atoms with E-state index in [1.807, 2.05) is 0 Å². The Kier molecular flexibility index (Phi) is 4.11. The van der Waals surface area contributed by atoms with E-state index in [9.17, 15) is 26.0 Å². The van der Waals surface area contributed by atoms with E-state index in [1.54, 1.807) is 0 Å². The van der Waals surface area contributed by atoms with Gasteiger partial charge >= 0.3 is 15.6 Å². The van der Waals surface area contributed by atoms with Crippen LogP contribution in [0.5, 0.6) is 0 Å². The van der Waals surface area contributed by atoms with Crippen molar-refractivity contribution in [1.29, 1.82) is 0 Å². The molecule has 1 unspecified atom stereocenters. The van der Waals surface area contributed by atoms with Crippen molar-refractivity contribution in [1.82, 2.24) is 0 Å². The van der Waals surface area contributed by atoms with Gasteiger partial charge < -0.3 is 0 Å². The Morgan fingerprint density at radius 2 is 1.85 bits per heavy atom. The maximum atomic E-state index is 11.7. The van der Waals surface area contributed by atoms with Crippen molar-refractivity contribution in [3.05, 3.63) is 0 Å². The first-order valence-corrected chi connectivity index (χ1v) is 4.63. The normalized spacial score (nSPS) is 15.8. The van der Waals surface area contributed by atoms with Gasteiger partial charge in [0.1, 0.15) is 0 Å². The highest BCUT2D eigenvalue weighted by Gasteiger charge is 2.47. The zero-order valence-corrected chi connectivity index (χ0v) is 7.45. The highest BCUT2D eigenvalue weighted by Crippen LogP contribution is 2.24. The van der Waals surface area contributed by atoms with E-state index in [0.29, 0.717) is 0 Å². The third-order valence-corrected chi connectivity index (χ3v) is 2.07. The van der Waals surface area contributed by atoms with Crippen LogP contribution in [0.2, 0.25) is 0 Å². The highest BCUT2D eigenvalue weighted by molar-refractivity contribution is 7.87. The highest BCUT2D eigenvalue weighted by atomic mass is 32.2. The van der Waals surface area contributed by atoms with E-state index >= 15 is 0 Å². The van der Waals surface area contributed by atoms with Gasteiger partial charge in [0.05, 0.1) is 13.3 Å². The van der Waals surface area contributed by atoms with Crippen LogP contribution >= 0.6 is 0 Å². The molecule has 0 aliphatic rings. The Hall–Kier alpha value is -0.370. The summed E-state index contributed by atoms with van der Waals surface area (Å²) in [6.07, 6.45) is 0. The van der Waals surface area contributed by atoms with E-state index < -0.39 is 34.8 Å². The topological polar surface area (TPSA) is 43.4 Å². The molecule has 0 aromatic carbocycles. The summed E-state index contributed by atoms with van der Waals surface area (Å²) < 4.78 is 70.4. The smallest absolute Gasteiger partial charge is 0.263 e. The number of rotatable bonds is 4. The molecule has 0 saturated carbocycles. The third kappa shape index (κ3) is 3.90. The van der Waals surface area contributed by atoms with Crippen LogP contribution in [0.15, 0.2) is 0 Å². The fourth-order valence-electron chi connectivity index (χ4n) is 0.317. The molecule has 0 saturated heterocycles. The van der Waals surface area contributed by atoms with E-state index in [1.165, 1.54) is 6.92 Å². The summed E-state index contributed by atoms with van der Waals surface area (Å²) in [6.45, 7) is -0.516. The minimum Gasteiger partial charge on any atom is -0.263 e. The van der Waals surface area contributed by atoms with Crippen LogP contribution in [-0.4, -0.2) is 27.2 Å². The minimum absolute atomic E-state index is 0.807. The maximum absolute atomic E-state index is 11.7. The monoisotopic (exact) mass is 224 g/mol. The van der Waals surface area contributed by atoms with Crippen LogP contribution in [0.25, 0.3) is 0 Å². The van der Waals surface area contributed by atoms with Crippen LogP contribution in [0.3, 0.4) is 0 Å². The lowest BCUT2D eigenvalue weighted by atomic mass is 10.2. The molecule has 0 aromatic heterocycles. The Balaban J connectivity index is 4.22. The number of alkyl halides is 4. The molecule has 0 fully saturated rings. The molecule has 0 aliphatic heterocycles. The number of hydrogen-bond acceptors (Lipinski definition) is 3. The Morgan fingerprint density at radius 1 is 1.38 bits per heavy atom. The van der Waals surface area contributed by atoms with Crippen LogP contribution in [0.4, 0.5) is 17.6 Å². The average Bonchev–Trinajstić information content (AvgIpc) is 1.98. The predicted octanol–water partition coefficient (Wildman–Crippen LogP) is 1.46. The van der Waals surface area contributed by atoms with E-state index in [4.69, 9.17) is 0 Å². The molecule has 0 radical (unpaired) electrons. The summed E-state index contributed by atoms with van der Waals surface area (Å²) >= 11 is 0. The molecule has 0 amide bonds. The average molecular weight is 224 g/mol. The van der Waals surface area contributed by atoms with E-state index in [-0.39, 0.29) is 0 Å². The van der Waals surface area contributed by atoms with Crippen LogP contribution in [0, 0.1) is 5.92 Å².